The maximum atomic E-state index is 12.8. The quantitative estimate of drug-likeness (QED) is 0.722. The molecule has 27 heavy (non-hydrogen) atoms. The Labute approximate surface area is 156 Å². The Kier molecular flexibility index (Phi) is 4.53. The summed E-state index contributed by atoms with van der Waals surface area (Å²) in [7, 11) is 0. The number of fused-ring (bicyclic) bond motifs is 1. The number of likely N-dealkylation sites (tertiary alicyclic amines) is 1. The second kappa shape index (κ2) is 6.86. The minimum Gasteiger partial charge on any atom is -0.329 e. The molecule has 0 radical (unpaired) electrons. The Bertz CT molecular complexity index is 837. The van der Waals surface area contributed by atoms with Crippen LogP contribution in [-0.4, -0.2) is 58.6 Å². The molecule has 0 saturated carbocycles. The zero-order valence-electron chi connectivity index (χ0n) is 14.9. The van der Waals surface area contributed by atoms with Gasteiger partial charge in [-0.15, -0.1) is 0 Å². The average Bonchev–Trinajstić information content (AvgIpc) is 3.19. The van der Waals surface area contributed by atoms with Crippen LogP contribution in [0, 0.1) is 0 Å². The normalized spacial score (nSPS) is 25.9. The van der Waals surface area contributed by atoms with E-state index in [4.69, 9.17) is 5.73 Å². The first kappa shape index (κ1) is 17.8. The van der Waals surface area contributed by atoms with Crippen molar-refractivity contribution in [2.45, 2.75) is 44.3 Å². The van der Waals surface area contributed by atoms with E-state index in [0.717, 1.165) is 29.8 Å². The van der Waals surface area contributed by atoms with Gasteiger partial charge in [0.15, 0.2) is 0 Å². The summed E-state index contributed by atoms with van der Waals surface area (Å²) in [6.07, 6.45) is 2.45. The molecule has 0 bridgehead atoms. The lowest BCUT2D eigenvalue weighted by atomic mass is 10.0. The lowest BCUT2D eigenvalue weighted by molar-refractivity contribution is -0.136. The van der Waals surface area contributed by atoms with Crippen molar-refractivity contribution in [2.75, 3.05) is 13.1 Å². The molecule has 142 valence electrons. The molecule has 0 aliphatic carbocycles. The predicted octanol–water partition coefficient (Wildman–Crippen LogP) is 0.0109. The van der Waals surface area contributed by atoms with Gasteiger partial charge in [-0.2, -0.15) is 0 Å². The Morgan fingerprint density at radius 3 is 2.59 bits per heavy atom. The summed E-state index contributed by atoms with van der Waals surface area (Å²) in [5.41, 5.74) is 7.40. The summed E-state index contributed by atoms with van der Waals surface area (Å²) in [5, 5.41) is 2.20. The zero-order valence-corrected chi connectivity index (χ0v) is 14.9. The number of amides is 4. The molecule has 1 aromatic rings. The third kappa shape index (κ3) is 3.04. The highest BCUT2D eigenvalue weighted by atomic mass is 16.2. The van der Waals surface area contributed by atoms with Crippen LogP contribution in [0.15, 0.2) is 18.2 Å². The summed E-state index contributed by atoms with van der Waals surface area (Å²) in [5.74, 6) is -1.92. The van der Waals surface area contributed by atoms with E-state index in [1.54, 1.807) is 12.1 Å². The van der Waals surface area contributed by atoms with E-state index in [1.165, 1.54) is 0 Å². The number of carbonyl (C=O) groups is 4. The minimum atomic E-state index is -0.932. The van der Waals surface area contributed by atoms with Gasteiger partial charge in [-0.05, 0) is 43.5 Å². The molecule has 2 saturated heterocycles. The number of rotatable bonds is 4. The van der Waals surface area contributed by atoms with Crippen LogP contribution in [0.5, 0.6) is 0 Å². The largest absolute Gasteiger partial charge is 0.329 e. The fraction of sp³-hybridized carbons (Fsp3) is 0.474. The average molecular weight is 370 g/mol. The molecular weight excluding hydrogens is 348 g/mol. The van der Waals surface area contributed by atoms with Crippen LogP contribution < -0.4 is 11.1 Å². The van der Waals surface area contributed by atoms with Crippen molar-refractivity contribution in [2.24, 2.45) is 5.73 Å². The molecule has 3 aliphatic heterocycles. The van der Waals surface area contributed by atoms with Crippen molar-refractivity contribution in [3.8, 4) is 0 Å². The van der Waals surface area contributed by atoms with Gasteiger partial charge < -0.3 is 5.73 Å². The van der Waals surface area contributed by atoms with Gasteiger partial charge in [0.2, 0.25) is 11.8 Å². The lowest BCUT2D eigenvalue weighted by Crippen LogP contribution is -2.54. The number of carbonyl (C=O) groups excluding carboxylic acids is 4. The molecule has 4 rings (SSSR count). The predicted molar refractivity (Wildman–Crippen MR) is 95.6 cm³/mol. The van der Waals surface area contributed by atoms with Gasteiger partial charge in [-0.25, -0.2) is 0 Å². The number of nitrogens with one attached hydrogen (secondary N) is 1. The smallest absolute Gasteiger partial charge is 0.262 e. The maximum absolute atomic E-state index is 12.8. The van der Waals surface area contributed by atoms with Gasteiger partial charge in [-0.3, -0.25) is 34.3 Å². The molecule has 1 aromatic carbocycles. The SMILES string of the molecule is NC[C@@H]1CCCN1Cc1ccc2c(c1)C(=O)N(C1CCC(=O)NC1=O)C2=O. The third-order valence-electron chi connectivity index (χ3n) is 5.66. The van der Waals surface area contributed by atoms with E-state index in [2.05, 4.69) is 10.2 Å². The molecule has 4 amide bonds. The topological polar surface area (TPSA) is 113 Å². The van der Waals surface area contributed by atoms with E-state index in [0.29, 0.717) is 30.3 Å². The summed E-state index contributed by atoms with van der Waals surface area (Å²) in [6.45, 7) is 2.24. The van der Waals surface area contributed by atoms with Gasteiger partial charge in [-0.1, -0.05) is 6.07 Å². The number of nitrogens with two attached hydrogens (primary N) is 1. The van der Waals surface area contributed by atoms with Crippen LogP contribution in [0.25, 0.3) is 0 Å². The van der Waals surface area contributed by atoms with Gasteiger partial charge in [0, 0.05) is 25.6 Å². The second-order valence-corrected chi connectivity index (χ2v) is 7.33. The first-order valence-electron chi connectivity index (χ1n) is 9.28. The molecule has 2 fully saturated rings. The Morgan fingerprint density at radius 1 is 1.07 bits per heavy atom. The van der Waals surface area contributed by atoms with Gasteiger partial charge in [0.05, 0.1) is 11.1 Å². The van der Waals surface area contributed by atoms with Crippen LogP contribution in [-0.2, 0) is 16.1 Å². The Morgan fingerprint density at radius 2 is 1.85 bits per heavy atom. The first-order chi connectivity index (χ1) is 13.0. The van der Waals surface area contributed by atoms with Gasteiger partial charge >= 0.3 is 0 Å². The monoisotopic (exact) mass is 370 g/mol. The molecule has 0 spiro atoms. The minimum absolute atomic E-state index is 0.116. The maximum Gasteiger partial charge on any atom is 0.262 e. The van der Waals surface area contributed by atoms with Crippen molar-refractivity contribution in [1.82, 2.24) is 15.1 Å². The highest BCUT2D eigenvalue weighted by Gasteiger charge is 2.44. The number of piperidine rings is 1. The standard InChI is InChI=1S/C19H22N4O4/c20-9-12-2-1-7-22(12)10-11-3-4-13-14(8-11)19(27)23(18(13)26)15-5-6-16(24)21-17(15)25/h3-4,8,12,15H,1-2,5-7,9-10,20H2,(H,21,24,25)/t12-,15?/m0/s1. The van der Waals surface area contributed by atoms with Crippen LogP contribution in [0.2, 0.25) is 0 Å². The fourth-order valence-corrected chi connectivity index (χ4v) is 4.22. The molecule has 3 N–H and O–H groups in total. The summed E-state index contributed by atoms with van der Waals surface area (Å²) < 4.78 is 0. The van der Waals surface area contributed by atoms with E-state index in [9.17, 15) is 19.2 Å². The molecular formula is C19H22N4O4. The van der Waals surface area contributed by atoms with Crippen molar-refractivity contribution < 1.29 is 19.2 Å². The van der Waals surface area contributed by atoms with Crippen LogP contribution in [0.3, 0.4) is 0 Å². The van der Waals surface area contributed by atoms with E-state index in [1.807, 2.05) is 6.07 Å². The number of hydrogen-bond donors (Lipinski definition) is 2. The van der Waals surface area contributed by atoms with Crippen LogP contribution >= 0.6 is 0 Å². The number of hydrogen-bond acceptors (Lipinski definition) is 6. The van der Waals surface area contributed by atoms with Crippen LogP contribution in [0.1, 0.15) is 52.0 Å². The summed E-state index contributed by atoms with van der Waals surface area (Å²) in [6, 6.07) is 4.66. The van der Waals surface area contributed by atoms with E-state index in [-0.39, 0.29) is 18.7 Å². The second-order valence-electron chi connectivity index (χ2n) is 7.33. The highest BCUT2D eigenvalue weighted by Crippen LogP contribution is 2.29. The molecule has 3 aliphatic rings. The summed E-state index contributed by atoms with van der Waals surface area (Å²) in [4.78, 5) is 52.3. The fourth-order valence-electron chi connectivity index (χ4n) is 4.22. The molecule has 3 heterocycles. The molecule has 1 unspecified atom stereocenters. The number of imide groups is 2. The van der Waals surface area contributed by atoms with Gasteiger partial charge in [0.25, 0.3) is 11.8 Å². The first-order valence-corrected chi connectivity index (χ1v) is 9.28. The zero-order chi connectivity index (χ0) is 19.1. The van der Waals surface area contributed by atoms with Crippen LogP contribution in [0.4, 0.5) is 0 Å². The van der Waals surface area contributed by atoms with Crippen molar-refractivity contribution in [3.05, 3.63) is 34.9 Å². The third-order valence-corrected chi connectivity index (χ3v) is 5.66. The van der Waals surface area contributed by atoms with Crippen molar-refractivity contribution >= 4 is 23.6 Å². The summed E-state index contributed by atoms with van der Waals surface area (Å²) >= 11 is 0. The van der Waals surface area contributed by atoms with Gasteiger partial charge in [0.1, 0.15) is 6.04 Å². The lowest BCUT2D eigenvalue weighted by Gasteiger charge is -2.27. The van der Waals surface area contributed by atoms with Crippen molar-refractivity contribution in [1.29, 1.82) is 0 Å². The van der Waals surface area contributed by atoms with Crippen molar-refractivity contribution in [3.63, 3.8) is 0 Å². The van der Waals surface area contributed by atoms with E-state index >= 15 is 0 Å². The molecule has 8 nitrogen and oxygen atoms in total. The highest BCUT2D eigenvalue weighted by molar-refractivity contribution is 6.23. The Balaban J connectivity index is 1.56. The number of nitrogens with zero attached hydrogens (tertiary/aromatic N) is 2. The molecule has 2 atom stereocenters. The number of benzene rings is 1. The Hall–Kier alpha value is -2.58. The van der Waals surface area contributed by atoms with E-state index < -0.39 is 23.8 Å². The molecule has 8 heteroatoms. The molecule has 0 aromatic heterocycles.